The average Bonchev–Trinajstić information content (AvgIpc) is 3.05. The zero-order chi connectivity index (χ0) is 18.9. The van der Waals surface area contributed by atoms with Gasteiger partial charge in [0.05, 0.1) is 7.11 Å². The minimum absolute atomic E-state index is 0.0755. The van der Waals surface area contributed by atoms with Gasteiger partial charge in [0.2, 0.25) is 16.8 Å². The van der Waals surface area contributed by atoms with E-state index >= 15 is 0 Å². The minimum atomic E-state index is -4.02. The number of halogens is 1. The number of primary sulfonamides is 1. The predicted octanol–water partition coefficient (Wildman–Crippen LogP) is 2.73. The number of hydrogen-bond donors (Lipinski definition) is 1. The number of ether oxygens (including phenoxy) is 3. The zero-order valence-electron chi connectivity index (χ0n) is 13.6. The summed E-state index contributed by atoms with van der Waals surface area (Å²) in [5.74, 6) is 0.892. The number of benzene rings is 2. The van der Waals surface area contributed by atoms with E-state index in [9.17, 15) is 13.2 Å². The van der Waals surface area contributed by atoms with Crippen LogP contribution in [0.15, 0.2) is 45.8 Å². The molecule has 0 atom stereocenters. The molecule has 136 valence electrons. The number of methoxy groups -OCH3 is 1. The van der Waals surface area contributed by atoms with Crippen molar-refractivity contribution < 1.29 is 27.4 Å². The molecule has 0 amide bonds. The Kier molecular flexibility index (Phi) is 5.03. The van der Waals surface area contributed by atoms with Crippen LogP contribution in [0.25, 0.3) is 6.08 Å². The second kappa shape index (κ2) is 7.10. The van der Waals surface area contributed by atoms with Crippen molar-refractivity contribution in [1.82, 2.24) is 0 Å². The Labute approximate surface area is 158 Å². The molecule has 7 nitrogen and oxygen atoms in total. The lowest BCUT2D eigenvalue weighted by Gasteiger charge is -2.07. The average molecular weight is 440 g/mol. The van der Waals surface area contributed by atoms with Crippen molar-refractivity contribution in [1.29, 1.82) is 0 Å². The fourth-order valence-electron chi connectivity index (χ4n) is 2.37. The number of rotatable bonds is 5. The van der Waals surface area contributed by atoms with Crippen LogP contribution in [0.5, 0.6) is 17.2 Å². The first-order chi connectivity index (χ1) is 12.3. The van der Waals surface area contributed by atoms with Crippen LogP contribution in [0.3, 0.4) is 0 Å². The van der Waals surface area contributed by atoms with Gasteiger partial charge in [-0.15, -0.1) is 0 Å². The number of nitrogens with two attached hydrogens (primary N) is 1. The summed E-state index contributed by atoms with van der Waals surface area (Å²) in [4.78, 5) is 12.2. The number of sulfonamides is 1. The van der Waals surface area contributed by atoms with Crippen molar-refractivity contribution in [3.05, 3.63) is 52.0 Å². The number of allylic oxidation sites excluding steroid dienone is 1. The van der Waals surface area contributed by atoms with Crippen LogP contribution >= 0.6 is 15.9 Å². The van der Waals surface area contributed by atoms with Gasteiger partial charge in [-0.3, -0.25) is 4.79 Å². The fraction of sp³-hybridized carbons (Fsp3) is 0.118. The van der Waals surface area contributed by atoms with Gasteiger partial charge in [0.15, 0.2) is 17.3 Å². The molecule has 2 N–H and O–H groups in total. The molecule has 1 aliphatic heterocycles. The molecule has 0 saturated carbocycles. The number of hydrogen-bond acceptors (Lipinski definition) is 6. The maximum atomic E-state index is 12.4. The van der Waals surface area contributed by atoms with Gasteiger partial charge in [-0.2, -0.15) is 0 Å². The first-order valence-electron chi connectivity index (χ1n) is 7.32. The van der Waals surface area contributed by atoms with Gasteiger partial charge in [-0.1, -0.05) is 15.9 Å². The molecule has 0 fully saturated rings. The summed E-state index contributed by atoms with van der Waals surface area (Å²) in [6.07, 6.45) is 2.92. The first-order valence-corrected chi connectivity index (χ1v) is 9.66. The Morgan fingerprint density at radius 1 is 1.23 bits per heavy atom. The lowest BCUT2D eigenvalue weighted by Crippen LogP contribution is -2.14. The van der Waals surface area contributed by atoms with Crippen LogP contribution in [0.1, 0.15) is 15.9 Å². The van der Waals surface area contributed by atoms with Crippen LogP contribution in [0.2, 0.25) is 0 Å². The Hall–Kier alpha value is -2.36. The lowest BCUT2D eigenvalue weighted by atomic mass is 10.1. The van der Waals surface area contributed by atoms with E-state index in [-0.39, 0.29) is 28.8 Å². The molecular weight excluding hydrogens is 426 g/mol. The van der Waals surface area contributed by atoms with Crippen LogP contribution in [0, 0.1) is 0 Å². The Balaban J connectivity index is 1.90. The highest BCUT2D eigenvalue weighted by Crippen LogP contribution is 2.37. The second-order valence-corrected chi connectivity index (χ2v) is 7.72. The summed E-state index contributed by atoms with van der Waals surface area (Å²) < 4.78 is 39.6. The highest BCUT2D eigenvalue weighted by Gasteiger charge is 2.18. The summed E-state index contributed by atoms with van der Waals surface area (Å²) in [7, 11) is -2.70. The fourth-order valence-corrected chi connectivity index (χ4v) is 3.55. The van der Waals surface area contributed by atoms with Crippen LogP contribution < -0.4 is 19.3 Å². The van der Waals surface area contributed by atoms with E-state index in [1.807, 2.05) is 0 Å². The lowest BCUT2D eigenvalue weighted by molar-refractivity contribution is 0.104. The SMILES string of the molecule is COc1ccc(C(=O)/C=C/c2cc3c(cc2Br)OCO3)cc1S(N)(=O)=O. The Morgan fingerprint density at radius 3 is 2.58 bits per heavy atom. The molecule has 0 bridgehead atoms. The molecule has 2 aromatic rings. The van der Waals surface area contributed by atoms with Crippen molar-refractivity contribution in [2.75, 3.05) is 13.9 Å². The standard InChI is InChI=1S/C17H14BrNO6S/c1-23-14-5-3-11(7-17(14)26(19,21)22)13(20)4-2-10-6-15-16(8-12(10)18)25-9-24-15/h2-8H,9H2,1H3,(H2,19,21,22)/b4-2+. The number of carbonyl (C=O) groups excluding carboxylic acids is 1. The molecule has 0 spiro atoms. The van der Waals surface area contributed by atoms with Gasteiger partial charge in [-0.05, 0) is 48.0 Å². The van der Waals surface area contributed by atoms with Gasteiger partial charge in [0, 0.05) is 10.0 Å². The van der Waals surface area contributed by atoms with Crippen LogP contribution in [-0.2, 0) is 10.0 Å². The Bertz CT molecular complexity index is 1020. The highest BCUT2D eigenvalue weighted by atomic mass is 79.9. The normalized spacial score (nSPS) is 13.2. The summed E-state index contributed by atoms with van der Waals surface area (Å²) in [5, 5.41) is 5.17. The molecule has 0 aliphatic carbocycles. The summed E-state index contributed by atoms with van der Waals surface area (Å²) >= 11 is 3.40. The Morgan fingerprint density at radius 2 is 1.92 bits per heavy atom. The van der Waals surface area contributed by atoms with Crippen molar-refractivity contribution in [3.8, 4) is 17.2 Å². The summed E-state index contributed by atoms with van der Waals surface area (Å²) in [6, 6.07) is 7.53. The third-order valence-corrected chi connectivity index (χ3v) is 5.28. The number of ketones is 1. The maximum Gasteiger partial charge on any atom is 0.241 e. The predicted molar refractivity (Wildman–Crippen MR) is 98.0 cm³/mol. The highest BCUT2D eigenvalue weighted by molar-refractivity contribution is 9.10. The quantitative estimate of drug-likeness (QED) is 0.567. The second-order valence-electron chi connectivity index (χ2n) is 5.34. The number of carbonyl (C=O) groups is 1. The molecule has 26 heavy (non-hydrogen) atoms. The van der Waals surface area contributed by atoms with Crippen molar-refractivity contribution in [2.24, 2.45) is 5.14 Å². The number of fused-ring (bicyclic) bond motifs is 1. The van der Waals surface area contributed by atoms with Crippen LogP contribution in [-0.4, -0.2) is 28.1 Å². The van der Waals surface area contributed by atoms with E-state index in [0.29, 0.717) is 17.1 Å². The molecule has 0 radical (unpaired) electrons. The van der Waals surface area contributed by atoms with E-state index in [4.69, 9.17) is 19.3 Å². The van der Waals surface area contributed by atoms with E-state index in [0.717, 1.165) is 4.47 Å². The largest absolute Gasteiger partial charge is 0.495 e. The monoisotopic (exact) mass is 439 g/mol. The van der Waals surface area contributed by atoms with Gasteiger partial charge >= 0.3 is 0 Å². The van der Waals surface area contributed by atoms with Gasteiger partial charge < -0.3 is 14.2 Å². The van der Waals surface area contributed by atoms with Crippen molar-refractivity contribution >= 4 is 37.8 Å². The molecule has 2 aromatic carbocycles. The minimum Gasteiger partial charge on any atom is -0.495 e. The molecule has 3 rings (SSSR count). The molecule has 0 saturated heterocycles. The summed E-state index contributed by atoms with van der Waals surface area (Å²) in [5.41, 5.74) is 0.880. The molecule has 1 heterocycles. The molecule has 0 unspecified atom stereocenters. The van der Waals surface area contributed by atoms with Crippen molar-refractivity contribution in [2.45, 2.75) is 4.90 Å². The van der Waals surface area contributed by atoms with E-state index in [1.165, 1.54) is 31.4 Å². The maximum absolute atomic E-state index is 12.4. The third-order valence-electron chi connectivity index (χ3n) is 3.66. The van der Waals surface area contributed by atoms with Crippen LogP contribution in [0.4, 0.5) is 0 Å². The molecular formula is C17H14BrNO6S. The van der Waals surface area contributed by atoms with E-state index in [1.54, 1.807) is 18.2 Å². The summed E-state index contributed by atoms with van der Waals surface area (Å²) in [6.45, 7) is 0.149. The molecule has 1 aliphatic rings. The molecule has 9 heteroatoms. The van der Waals surface area contributed by atoms with Crippen molar-refractivity contribution in [3.63, 3.8) is 0 Å². The molecule has 0 aromatic heterocycles. The van der Waals surface area contributed by atoms with Gasteiger partial charge in [0.1, 0.15) is 10.6 Å². The topological polar surface area (TPSA) is 105 Å². The third kappa shape index (κ3) is 3.74. The smallest absolute Gasteiger partial charge is 0.241 e. The van der Waals surface area contributed by atoms with Gasteiger partial charge in [-0.25, -0.2) is 13.6 Å². The zero-order valence-corrected chi connectivity index (χ0v) is 16.0. The van der Waals surface area contributed by atoms with Gasteiger partial charge in [0.25, 0.3) is 0 Å². The van der Waals surface area contributed by atoms with E-state index < -0.39 is 10.0 Å². The first kappa shape index (κ1) is 18.4. The van der Waals surface area contributed by atoms with E-state index in [2.05, 4.69) is 15.9 Å².